The van der Waals surface area contributed by atoms with Crippen LogP contribution in [0.1, 0.15) is 23.7 Å². The van der Waals surface area contributed by atoms with Crippen LogP contribution in [0.2, 0.25) is 0 Å². The quantitative estimate of drug-likeness (QED) is 0.786. The fraction of sp³-hybridized carbons (Fsp3) is 0.231. The van der Waals surface area contributed by atoms with Crippen molar-refractivity contribution < 1.29 is 19.1 Å². The van der Waals surface area contributed by atoms with Gasteiger partial charge in [-0.2, -0.15) is 0 Å². The average molecular weight is 251 g/mol. The molecule has 5 heteroatoms. The van der Waals surface area contributed by atoms with Crippen LogP contribution >= 0.6 is 0 Å². The molecule has 1 aromatic rings. The van der Waals surface area contributed by atoms with Gasteiger partial charge in [-0.3, -0.25) is 4.79 Å². The minimum Gasteiger partial charge on any atom is -0.480 e. The van der Waals surface area contributed by atoms with E-state index in [0.29, 0.717) is 5.57 Å². The van der Waals surface area contributed by atoms with Gasteiger partial charge in [-0.15, -0.1) is 6.58 Å². The number of carbonyl (C=O) groups excluding carboxylic acids is 1. The molecule has 0 aliphatic rings. The van der Waals surface area contributed by atoms with Crippen molar-refractivity contribution >= 4 is 11.9 Å². The molecule has 0 aliphatic heterocycles. The number of halogens is 1. The number of carboxylic acids is 1. The Bertz CT molecular complexity index is 485. The molecule has 2 N–H and O–H groups in total. The molecule has 0 bridgehead atoms. The molecule has 0 radical (unpaired) electrons. The third kappa shape index (κ3) is 3.69. The molecule has 0 saturated carbocycles. The first kappa shape index (κ1) is 13.9. The van der Waals surface area contributed by atoms with E-state index in [4.69, 9.17) is 5.11 Å². The van der Waals surface area contributed by atoms with Gasteiger partial charge in [0, 0.05) is 0 Å². The van der Waals surface area contributed by atoms with E-state index in [1.165, 1.54) is 18.2 Å². The van der Waals surface area contributed by atoms with Gasteiger partial charge in [0.05, 0.1) is 5.56 Å². The third-order valence-electron chi connectivity index (χ3n) is 2.27. The summed E-state index contributed by atoms with van der Waals surface area (Å²) in [5.41, 5.74) is 0.446. The molecule has 0 fully saturated rings. The van der Waals surface area contributed by atoms with Crippen LogP contribution in [0.15, 0.2) is 36.4 Å². The highest BCUT2D eigenvalue weighted by Crippen LogP contribution is 2.08. The molecule has 0 heterocycles. The lowest BCUT2D eigenvalue weighted by Gasteiger charge is -2.14. The molecule has 1 amide bonds. The highest BCUT2D eigenvalue weighted by atomic mass is 19.1. The lowest BCUT2D eigenvalue weighted by molar-refractivity contribution is -0.139. The Labute approximate surface area is 104 Å². The molecule has 0 unspecified atom stereocenters. The van der Waals surface area contributed by atoms with Gasteiger partial charge in [0.1, 0.15) is 11.9 Å². The predicted molar refractivity (Wildman–Crippen MR) is 64.7 cm³/mol. The van der Waals surface area contributed by atoms with Gasteiger partial charge >= 0.3 is 5.97 Å². The molecule has 0 saturated heterocycles. The molecule has 1 rings (SSSR count). The summed E-state index contributed by atoms with van der Waals surface area (Å²) in [6, 6.07) is 4.30. The number of carboxylic acid groups (broad SMARTS) is 1. The highest BCUT2D eigenvalue weighted by Gasteiger charge is 2.21. The van der Waals surface area contributed by atoms with E-state index in [0.717, 1.165) is 6.07 Å². The second-order valence-electron chi connectivity index (χ2n) is 4.01. The second kappa shape index (κ2) is 5.95. The molecule has 18 heavy (non-hydrogen) atoms. The SMILES string of the molecule is C=C(C)C[C@H](NC(=O)c1ccccc1F)C(=O)O. The van der Waals surface area contributed by atoms with Crippen molar-refractivity contribution in [2.24, 2.45) is 0 Å². The molecule has 0 aliphatic carbocycles. The van der Waals surface area contributed by atoms with E-state index in [1.54, 1.807) is 6.92 Å². The van der Waals surface area contributed by atoms with Crippen molar-refractivity contribution in [1.82, 2.24) is 5.32 Å². The fourth-order valence-corrected chi connectivity index (χ4v) is 1.43. The zero-order chi connectivity index (χ0) is 13.7. The van der Waals surface area contributed by atoms with Crippen molar-refractivity contribution in [1.29, 1.82) is 0 Å². The van der Waals surface area contributed by atoms with Gasteiger partial charge in [-0.1, -0.05) is 17.7 Å². The highest BCUT2D eigenvalue weighted by molar-refractivity contribution is 5.96. The van der Waals surface area contributed by atoms with Gasteiger partial charge in [0.25, 0.3) is 5.91 Å². The van der Waals surface area contributed by atoms with Gasteiger partial charge < -0.3 is 10.4 Å². The van der Waals surface area contributed by atoms with Crippen LogP contribution in [-0.2, 0) is 4.79 Å². The first-order valence-electron chi connectivity index (χ1n) is 5.34. The molecular formula is C13H14FNO3. The summed E-state index contributed by atoms with van der Waals surface area (Å²) < 4.78 is 13.3. The predicted octanol–water partition coefficient (Wildman–Crippen LogP) is 1.97. The standard InChI is InChI=1S/C13H14FNO3/c1-8(2)7-11(13(17)18)15-12(16)9-5-3-4-6-10(9)14/h3-6,11H,1,7H2,2H3,(H,15,16)(H,17,18)/t11-/m0/s1. The zero-order valence-corrected chi connectivity index (χ0v) is 9.94. The van der Waals surface area contributed by atoms with Crippen molar-refractivity contribution in [3.63, 3.8) is 0 Å². The molecule has 1 atom stereocenters. The minimum absolute atomic E-state index is 0.107. The Hall–Kier alpha value is -2.17. The minimum atomic E-state index is -1.18. The summed E-state index contributed by atoms with van der Waals surface area (Å²) >= 11 is 0. The van der Waals surface area contributed by atoms with E-state index in [2.05, 4.69) is 11.9 Å². The normalized spacial score (nSPS) is 11.7. The van der Waals surface area contributed by atoms with E-state index in [1.807, 2.05) is 0 Å². The number of carbonyl (C=O) groups is 2. The van der Waals surface area contributed by atoms with Crippen molar-refractivity contribution in [3.8, 4) is 0 Å². The molecule has 96 valence electrons. The van der Waals surface area contributed by atoms with Crippen LogP contribution in [0.25, 0.3) is 0 Å². The van der Waals surface area contributed by atoms with Crippen LogP contribution in [0.5, 0.6) is 0 Å². The van der Waals surface area contributed by atoms with Gasteiger partial charge in [-0.05, 0) is 25.5 Å². The summed E-state index contributed by atoms with van der Waals surface area (Å²) in [5.74, 6) is -2.61. The average Bonchev–Trinajstić information content (AvgIpc) is 2.27. The summed E-state index contributed by atoms with van der Waals surface area (Å²) in [4.78, 5) is 22.7. The maximum absolute atomic E-state index is 13.3. The number of rotatable bonds is 5. The molecule has 0 spiro atoms. The van der Waals surface area contributed by atoms with Gasteiger partial charge in [0.2, 0.25) is 0 Å². The zero-order valence-electron chi connectivity index (χ0n) is 9.94. The topological polar surface area (TPSA) is 66.4 Å². The van der Waals surface area contributed by atoms with Crippen LogP contribution in [0, 0.1) is 5.82 Å². The van der Waals surface area contributed by atoms with Crippen LogP contribution in [0.3, 0.4) is 0 Å². The number of benzene rings is 1. The lowest BCUT2D eigenvalue weighted by Crippen LogP contribution is -2.41. The second-order valence-corrected chi connectivity index (χ2v) is 4.01. The summed E-state index contributed by atoms with van der Waals surface area (Å²) in [6.07, 6.45) is 0.107. The number of hydrogen-bond donors (Lipinski definition) is 2. The lowest BCUT2D eigenvalue weighted by atomic mass is 10.1. The largest absolute Gasteiger partial charge is 0.480 e. The van der Waals surface area contributed by atoms with Crippen LogP contribution in [0.4, 0.5) is 4.39 Å². The molecule has 0 aromatic heterocycles. The maximum atomic E-state index is 13.3. The van der Waals surface area contributed by atoms with Crippen molar-refractivity contribution in [3.05, 3.63) is 47.8 Å². The summed E-state index contributed by atoms with van der Waals surface area (Å²) in [5, 5.41) is 11.2. The van der Waals surface area contributed by atoms with Crippen LogP contribution < -0.4 is 5.32 Å². The summed E-state index contributed by atoms with van der Waals surface area (Å²) in [7, 11) is 0. The van der Waals surface area contributed by atoms with E-state index >= 15 is 0 Å². The number of aliphatic carboxylic acids is 1. The number of nitrogens with one attached hydrogen (secondary N) is 1. The fourth-order valence-electron chi connectivity index (χ4n) is 1.43. The smallest absolute Gasteiger partial charge is 0.326 e. The first-order valence-corrected chi connectivity index (χ1v) is 5.34. The molecular weight excluding hydrogens is 237 g/mol. The monoisotopic (exact) mass is 251 g/mol. The summed E-state index contributed by atoms with van der Waals surface area (Å²) in [6.45, 7) is 5.24. The number of hydrogen-bond acceptors (Lipinski definition) is 2. The Morgan fingerprint density at radius 1 is 1.44 bits per heavy atom. The van der Waals surface area contributed by atoms with Gasteiger partial charge in [0.15, 0.2) is 0 Å². The van der Waals surface area contributed by atoms with Crippen molar-refractivity contribution in [2.75, 3.05) is 0 Å². The third-order valence-corrected chi connectivity index (χ3v) is 2.27. The van der Waals surface area contributed by atoms with Crippen molar-refractivity contribution in [2.45, 2.75) is 19.4 Å². The van der Waals surface area contributed by atoms with E-state index < -0.39 is 23.7 Å². The first-order chi connectivity index (χ1) is 8.41. The van der Waals surface area contributed by atoms with Gasteiger partial charge in [-0.25, -0.2) is 9.18 Å². The Morgan fingerprint density at radius 3 is 2.56 bits per heavy atom. The molecule has 1 aromatic carbocycles. The Balaban J connectivity index is 2.82. The molecule has 4 nitrogen and oxygen atoms in total. The Kier molecular flexibility index (Phi) is 4.59. The number of amides is 1. The maximum Gasteiger partial charge on any atom is 0.326 e. The van der Waals surface area contributed by atoms with E-state index in [9.17, 15) is 14.0 Å². The van der Waals surface area contributed by atoms with E-state index in [-0.39, 0.29) is 12.0 Å². The Morgan fingerprint density at radius 2 is 2.06 bits per heavy atom. The van der Waals surface area contributed by atoms with Crippen LogP contribution in [-0.4, -0.2) is 23.0 Å².